The third kappa shape index (κ3) is 7.35. The number of nitrogens with zero attached hydrogens (tertiary/aromatic N) is 2. The van der Waals surface area contributed by atoms with Crippen LogP contribution < -0.4 is 14.5 Å². The summed E-state index contributed by atoms with van der Waals surface area (Å²) in [4.78, 5) is 12.7. The van der Waals surface area contributed by atoms with E-state index in [4.69, 9.17) is 27.9 Å². The SMILES string of the molecule is O=C(CN(c1ccccc1)S(=O)(=O)c1ccc(Cl)cc1)N/N=C\c1ccc(OCc2ccc(Cl)cc2)cc1. The van der Waals surface area contributed by atoms with E-state index in [1.165, 1.54) is 30.5 Å². The lowest BCUT2D eigenvalue weighted by Gasteiger charge is -2.23. The first kappa shape index (κ1) is 27.2. The standard InChI is InChI=1S/C28H23Cl2N3O4S/c29-23-10-6-22(7-11-23)20-37-26-14-8-21(9-15-26)18-31-32-28(34)19-33(25-4-2-1-3-5-25)38(35,36)27-16-12-24(30)13-17-27/h1-18H,19-20H2,(H,32,34)/b31-18-. The fourth-order valence-corrected chi connectivity index (χ4v) is 5.06. The fraction of sp³-hybridized carbons (Fsp3) is 0.0714. The summed E-state index contributed by atoms with van der Waals surface area (Å²) in [6.45, 7) is -0.0682. The number of nitrogens with one attached hydrogen (secondary N) is 1. The Hall–Kier alpha value is -3.85. The van der Waals surface area contributed by atoms with Gasteiger partial charge in [-0.3, -0.25) is 9.10 Å². The number of para-hydroxylation sites is 1. The summed E-state index contributed by atoms with van der Waals surface area (Å²) >= 11 is 11.8. The van der Waals surface area contributed by atoms with E-state index in [0.717, 1.165) is 15.4 Å². The average molecular weight is 568 g/mol. The monoisotopic (exact) mass is 567 g/mol. The molecule has 38 heavy (non-hydrogen) atoms. The summed E-state index contributed by atoms with van der Waals surface area (Å²) < 4.78 is 33.4. The van der Waals surface area contributed by atoms with E-state index in [9.17, 15) is 13.2 Å². The van der Waals surface area contributed by atoms with Crippen LogP contribution in [0.5, 0.6) is 5.75 Å². The van der Waals surface area contributed by atoms with E-state index in [2.05, 4.69) is 10.5 Å². The highest BCUT2D eigenvalue weighted by Crippen LogP contribution is 2.24. The number of anilines is 1. The Labute approximate surface area is 231 Å². The van der Waals surface area contributed by atoms with Gasteiger partial charge >= 0.3 is 0 Å². The van der Waals surface area contributed by atoms with Crippen LogP contribution in [0.3, 0.4) is 0 Å². The number of carbonyl (C=O) groups is 1. The van der Waals surface area contributed by atoms with Gasteiger partial charge in [0.1, 0.15) is 18.9 Å². The molecule has 0 aliphatic rings. The molecule has 0 unspecified atom stereocenters. The van der Waals surface area contributed by atoms with Crippen molar-refractivity contribution in [1.29, 1.82) is 0 Å². The van der Waals surface area contributed by atoms with Crippen molar-refractivity contribution in [3.05, 3.63) is 124 Å². The summed E-state index contributed by atoms with van der Waals surface area (Å²) in [6.07, 6.45) is 1.46. The maximum atomic E-state index is 13.3. The van der Waals surface area contributed by atoms with Crippen molar-refractivity contribution < 1.29 is 17.9 Å². The highest BCUT2D eigenvalue weighted by molar-refractivity contribution is 7.92. The zero-order valence-corrected chi connectivity index (χ0v) is 22.3. The second kappa shape index (κ2) is 12.6. The number of carbonyl (C=O) groups excluding carboxylic acids is 1. The van der Waals surface area contributed by atoms with Crippen LogP contribution in [0.15, 0.2) is 113 Å². The van der Waals surface area contributed by atoms with Crippen LogP contribution in [0.4, 0.5) is 5.69 Å². The van der Waals surface area contributed by atoms with Crippen LogP contribution in [0.1, 0.15) is 11.1 Å². The molecule has 0 heterocycles. The topological polar surface area (TPSA) is 88.1 Å². The summed E-state index contributed by atoms with van der Waals surface area (Å²) in [5.41, 5.74) is 4.45. The van der Waals surface area contributed by atoms with E-state index in [1.54, 1.807) is 66.7 Å². The molecule has 4 aromatic carbocycles. The Morgan fingerprint density at radius 2 is 1.45 bits per heavy atom. The van der Waals surface area contributed by atoms with E-state index in [-0.39, 0.29) is 4.90 Å². The van der Waals surface area contributed by atoms with Gasteiger partial charge in [-0.25, -0.2) is 13.8 Å². The lowest BCUT2D eigenvalue weighted by atomic mass is 10.2. The molecular weight excluding hydrogens is 545 g/mol. The number of halogens is 2. The van der Waals surface area contributed by atoms with Crippen molar-refractivity contribution in [3.8, 4) is 5.75 Å². The summed E-state index contributed by atoms with van der Waals surface area (Å²) in [7, 11) is -4.03. The van der Waals surface area contributed by atoms with Crippen molar-refractivity contribution in [3.63, 3.8) is 0 Å². The van der Waals surface area contributed by atoms with Crippen LogP contribution in [-0.2, 0) is 21.4 Å². The molecule has 4 aromatic rings. The smallest absolute Gasteiger partial charge is 0.264 e. The molecular formula is C28H23Cl2N3O4S. The highest BCUT2D eigenvalue weighted by atomic mass is 35.5. The van der Waals surface area contributed by atoms with E-state index >= 15 is 0 Å². The van der Waals surface area contributed by atoms with Crippen LogP contribution in [-0.4, -0.2) is 27.1 Å². The number of amides is 1. The molecule has 0 saturated carbocycles. The van der Waals surface area contributed by atoms with Gasteiger partial charge in [-0.1, -0.05) is 53.5 Å². The molecule has 0 atom stereocenters. The molecule has 0 spiro atoms. The number of hydrazone groups is 1. The predicted octanol–water partition coefficient (Wildman–Crippen LogP) is 5.92. The maximum Gasteiger partial charge on any atom is 0.264 e. The first-order valence-corrected chi connectivity index (χ1v) is 13.6. The van der Waals surface area contributed by atoms with Crippen molar-refractivity contribution in [2.24, 2.45) is 5.10 Å². The number of hydrogen-bond acceptors (Lipinski definition) is 5. The van der Waals surface area contributed by atoms with Gasteiger partial charge in [0.2, 0.25) is 0 Å². The van der Waals surface area contributed by atoms with E-state index in [0.29, 0.717) is 28.1 Å². The van der Waals surface area contributed by atoms with Gasteiger partial charge in [-0.15, -0.1) is 0 Å². The number of sulfonamides is 1. The van der Waals surface area contributed by atoms with Gasteiger partial charge in [0.05, 0.1) is 16.8 Å². The Balaban J connectivity index is 1.38. The van der Waals surface area contributed by atoms with Crippen LogP contribution in [0.25, 0.3) is 0 Å². The molecule has 0 aliphatic carbocycles. The molecule has 0 radical (unpaired) electrons. The molecule has 0 fully saturated rings. The van der Waals surface area contributed by atoms with Crippen molar-refractivity contribution in [2.75, 3.05) is 10.8 Å². The van der Waals surface area contributed by atoms with E-state index < -0.39 is 22.5 Å². The van der Waals surface area contributed by atoms with Crippen molar-refractivity contribution in [2.45, 2.75) is 11.5 Å². The molecule has 0 aliphatic heterocycles. The molecule has 7 nitrogen and oxygen atoms in total. The Kier molecular flexibility index (Phi) is 9.02. The third-order valence-electron chi connectivity index (χ3n) is 5.33. The molecule has 10 heteroatoms. The van der Waals surface area contributed by atoms with Crippen molar-refractivity contribution >= 4 is 51.0 Å². The molecule has 194 valence electrons. The van der Waals surface area contributed by atoms with Gasteiger partial charge in [0.15, 0.2) is 0 Å². The number of hydrogen-bond donors (Lipinski definition) is 1. The normalized spacial score (nSPS) is 11.3. The van der Waals surface area contributed by atoms with Crippen LogP contribution >= 0.6 is 23.2 Å². The molecule has 1 amide bonds. The third-order valence-corrected chi connectivity index (χ3v) is 7.63. The van der Waals surface area contributed by atoms with Gasteiger partial charge in [-0.2, -0.15) is 5.10 Å². The minimum absolute atomic E-state index is 0.0143. The molecule has 0 aromatic heterocycles. The van der Waals surface area contributed by atoms with E-state index in [1.807, 2.05) is 12.1 Å². The second-order valence-electron chi connectivity index (χ2n) is 8.08. The Morgan fingerprint density at radius 3 is 2.08 bits per heavy atom. The minimum Gasteiger partial charge on any atom is -0.489 e. The lowest BCUT2D eigenvalue weighted by Crippen LogP contribution is -2.39. The number of rotatable bonds is 10. The van der Waals surface area contributed by atoms with Gasteiger partial charge in [-0.05, 0) is 83.9 Å². The maximum absolute atomic E-state index is 13.3. The van der Waals surface area contributed by atoms with Gasteiger partial charge in [0, 0.05) is 10.0 Å². The zero-order valence-electron chi connectivity index (χ0n) is 20.0. The first-order valence-electron chi connectivity index (χ1n) is 11.4. The first-order chi connectivity index (χ1) is 18.3. The predicted molar refractivity (Wildman–Crippen MR) is 150 cm³/mol. The molecule has 4 rings (SSSR count). The van der Waals surface area contributed by atoms with Gasteiger partial charge in [0.25, 0.3) is 15.9 Å². The summed E-state index contributed by atoms with van der Waals surface area (Å²) in [5, 5.41) is 5.04. The Morgan fingerprint density at radius 1 is 0.842 bits per heavy atom. The summed E-state index contributed by atoms with van der Waals surface area (Å²) in [6, 6.07) is 28.7. The van der Waals surface area contributed by atoms with Crippen molar-refractivity contribution in [1.82, 2.24) is 5.43 Å². The minimum atomic E-state index is -4.03. The zero-order chi connectivity index (χ0) is 27.0. The largest absolute Gasteiger partial charge is 0.489 e. The fourth-order valence-electron chi connectivity index (χ4n) is 3.39. The lowest BCUT2D eigenvalue weighted by molar-refractivity contribution is -0.119. The molecule has 0 bridgehead atoms. The second-order valence-corrected chi connectivity index (χ2v) is 10.8. The van der Waals surface area contributed by atoms with Gasteiger partial charge < -0.3 is 4.74 Å². The average Bonchev–Trinajstić information content (AvgIpc) is 2.93. The molecule has 1 N–H and O–H groups in total. The van der Waals surface area contributed by atoms with Crippen LogP contribution in [0, 0.1) is 0 Å². The molecule has 0 saturated heterocycles. The highest BCUT2D eigenvalue weighted by Gasteiger charge is 2.27. The quantitative estimate of drug-likeness (QED) is 0.190. The Bertz CT molecular complexity index is 1500. The number of benzene rings is 4. The summed E-state index contributed by atoms with van der Waals surface area (Å²) in [5.74, 6) is 0.0672. The number of ether oxygens (including phenoxy) is 1. The van der Waals surface area contributed by atoms with Crippen LogP contribution in [0.2, 0.25) is 10.0 Å².